The molecule has 0 spiro atoms. The number of benzene rings is 1. The maximum Gasteiger partial charge on any atom is 0.272 e. The predicted octanol–water partition coefficient (Wildman–Crippen LogP) is 2.70. The smallest absolute Gasteiger partial charge is 0.272 e. The lowest BCUT2D eigenvalue weighted by molar-refractivity contribution is 0.0533. The number of hydrogen-bond donors (Lipinski definition) is 0. The Bertz CT molecular complexity index is 813. The summed E-state index contributed by atoms with van der Waals surface area (Å²) in [6.45, 7) is 12.0. The fraction of sp³-hybridized carbons (Fsp3) is 0.562. The average molecular weight is 383 g/mol. The Hall–Kier alpha value is -1.58. The summed E-state index contributed by atoms with van der Waals surface area (Å²) in [5, 5.41) is 11.0. The van der Waals surface area contributed by atoms with Crippen molar-refractivity contribution in [3.63, 3.8) is 0 Å². The second kappa shape index (κ2) is 6.97. The average Bonchev–Trinajstić information content (AvgIpc) is 2.95. The van der Waals surface area contributed by atoms with Crippen LogP contribution in [0.15, 0.2) is 35.5 Å². The number of para-hydroxylation sites is 1. The first-order chi connectivity index (χ1) is 11.4. The molecule has 1 aromatic heterocycles. The van der Waals surface area contributed by atoms with Crippen molar-refractivity contribution in [1.29, 1.82) is 0 Å². The van der Waals surface area contributed by atoms with E-state index in [9.17, 15) is 8.42 Å². The zero-order valence-corrected chi connectivity index (χ0v) is 17.4. The Balaban J connectivity index is 2.28. The van der Waals surface area contributed by atoms with E-state index in [-0.39, 0.29) is 16.8 Å². The van der Waals surface area contributed by atoms with Crippen LogP contribution in [0.2, 0.25) is 19.6 Å². The SMILES string of the molecule is C[C@@H](CS(=O)(=O)c1nnnn1-c1ccccc1)C(C)(C)O[Si](C)(C)C. The molecule has 1 aromatic carbocycles. The van der Waals surface area contributed by atoms with E-state index in [4.69, 9.17) is 4.43 Å². The van der Waals surface area contributed by atoms with Crippen molar-refractivity contribution in [3.8, 4) is 5.69 Å². The Morgan fingerprint density at radius 2 is 1.80 bits per heavy atom. The molecule has 0 saturated heterocycles. The summed E-state index contributed by atoms with van der Waals surface area (Å²) in [4.78, 5) is 0. The second-order valence-corrected chi connectivity index (χ2v) is 14.1. The van der Waals surface area contributed by atoms with Crippen molar-refractivity contribution >= 4 is 18.2 Å². The van der Waals surface area contributed by atoms with E-state index >= 15 is 0 Å². The molecule has 7 nitrogen and oxygen atoms in total. The highest BCUT2D eigenvalue weighted by Gasteiger charge is 2.37. The van der Waals surface area contributed by atoms with Gasteiger partial charge in [0.2, 0.25) is 9.84 Å². The summed E-state index contributed by atoms with van der Waals surface area (Å²) in [6.07, 6.45) is 0. The highest BCUT2D eigenvalue weighted by Crippen LogP contribution is 2.28. The maximum atomic E-state index is 12.9. The molecule has 0 unspecified atom stereocenters. The van der Waals surface area contributed by atoms with Crippen LogP contribution in [0.1, 0.15) is 20.8 Å². The Kier molecular flexibility index (Phi) is 5.50. The Morgan fingerprint density at radius 1 is 1.20 bits per heavy atom. The molecule has 0 aliphatic heterocycles. The van der Waals surface area contributed by atoms with Crippen LogP contribution in [0, 0.1) is 5.92 Å². The molecular weight excluding hydrogens is 356 g/mol. The molecule has 0 radical (unpaired) electrons. The molecule has 0 saturated carbocycles. The van der Waals surface area contributed by atoms with Crippen molar-refractivity contribution < 1.29 is 12.8 Å². The number of hydrogen-bond acceptors (Lipinski definition) is 6. The normalized spacial score (nSPS) is 14.5. The third kappa shape index (κ3) is 4.96. The first-order valence-electron chi connectivity index (χ1n) is 8.19. The highest BCUT2D eigenvalue weighted by atomic mass is 32.2. The summed E-state index contributed by atoms with van der Waals surface area (Å²) in [5.74, 6) is -0.303. The van der Waals surface area contributed by atoms with E-state index in [2.05, 4.69) is 35.2 Å². The van der Waals surface area contributed by atoms with Gasteiger partial charge in [-0.15, -0.1) is 0 Å². The zero-order chi connectivity index (χ0) is 18.9. The van der Waals surface area contributed by atoms with Crippen molar-refractivity contribution in [2.75, 3.05) is 5.75 Å². The van der Waals surface area contributed by atoms with E-state index in [0.717, 1.165) is 0 Å². The minimum absolute atomic E-state index is 0.0856. The lowest BCUT2D eigenvalue weighted by atomic mass is 9.95. The van der Waals surface area contributed by atoms with Crippen molar-refractivity contribution in [2.24, 2.45) is 5.92 Å². The lowest BCUT2D eigenvalue weighted by Gasteiger charge is -2.37. The van der Waals surface area contributed by atoms with Crippen LogP contribution in [-0.4, -0.2) is 48.3 Å². The molecule has 0 amide bonds. The van der Waals surface area contributed by atoms with E-state index in [1.165, 1.54) is 4.68 Å². The minimum atomic E-state index is -3.67. The molecule has 0 aliphatic carbocycles. The number of rotatable bonds is 7. The zero-order valence-electron chi connectivity index (χ0n) is 15.6. The topological polar surface area (TPSA) is 87.0 Å². The quantitative estimate of drug-likeness (QED) is 0.684. The summed E-state index contributed by atoms with van der Waals surface area (Å²) in [5.41, 5.74) is 0.0547. The van der Waals surface area contributed by atoms with Crippen molar-refractivity contribution in [3.05, 3.63) is 30.3 Å². The molecular formula is C16H26N4O3SSi. The van der Waals surface area contributed by atoms with E-state index in [1.807, 2.05) is 26.8 Å². The summed E-state index contributed by atoms with van der Waals surface area (Å²) < 4.78 is 33.2. The van der Waals surface area contributed by atoms with Crippen LogP contribution in [0.25, 0.3) is 5.69 Å². The van der Waals surface area contributed by atoms with Crippen molar-refractivity contribution in [1.82, 2.24) is 20.2 Å². The standard InChI is InChI=1S/C16H26N4O3SSi/c1-13(16(2,3)23-25(4,5)6)12-24(21,22)15-17-18-19-20(15)14-10-8-7-9-11-14/h7-11,13H,12H2,1-6H3/t13-/m0/s1. The molecule has 0 N–H and O–H groups in total. The first-order valence-corrected chi connectivity index (χ1v) is 13.3. The van der Waals surface area contributed by atoms with Crippen LogP contribution in [0.4, 0.5) is 0 Å². The van der Waals surface area contributed by atoms with Gasteiger partial charge in [0.1, 0.15) is 0 Å². The second-order valence-electron chi connectivity index (χ2n) is 7.71. The van der Waals surface area contributed by atoms with Crippen LogP contribution in [-0.2, 0) is 14.3 Å². The fourth-order valence-electron chi connectivity index (χ4n) is 2.60. The molecule has 0 bridgehead atoms. The number of nitrogens with zero attached hydrogens (tertiary/aromatic N) is 4. The van der Waals surface area contributed by atoms with E-state index in [1.54, 1.807) is 24.3 Å². The van der Waals surface area contributed by atoms with Crippen LogP contribution >= 0.6 is 0 Å². The van der Waals surface area contributed by atoms with Gasteiger partial charge in [0.25, 0.3) is 5.16 Å². The van der Waals surface area contributed by atoms with E-state index < -0.39 is 23.8 Å². The predicted molar refractivity (Wildman–Crippen MR) is 98.9 cm³/mol. The van der Waals surface area contributed by atoms with Gasteiger partial charge in [-0.2, -0.15) is 4.68 Å². The Labute approximate surface area is 150 Å². The number of aromatic nitrogens is 4. The van der Waals surface area contributed by atoms with Gasteiger partial charge in [0.15, 0.2) is 8.32 Å². The van der Waals surface area contributed by atoms with Gasteiger partial charge < -0.3 is 4.43 Å². The number of sulfone groups is 1. The van der Waals surface area contributed by atoms with Gasteiger partial charge in [-0.1, -0.05) is 30.2 Å². The molecule has 138 valence electrons. The van der Waals surface area contributed by atoms with Crippen LogP contribution in [0.3, 0.4) is 0 Å². The molecule has 0 fully saturated rings. The molecule has 1 atom stereocenters. The highest BCUT2D eigenvalue weighted by molar-refractivity contribution is 7.91. The molecule has 25 heavy (non-hydrogen) atoms. The minimum Gasteiger partial charge on any atom is -0.412 e. The Morgan fingerprint density at radius 3 is 2.36 bits per heavy atom. The van der Waals surface area contributed by atoms with Gasteiger partial charge in [-0.3, -0.25) is 0 Å². The van der Waals surface area contributed by atoms with Crippen LogP contribution in [0.5, 0.6) is 0 Å². The van der Waals surface area contributed by atoms with E-state index in [0.29, 0.717) is 5.69 Å². The van der Waals surface area contributed by atoms with Gasteiger partial charge >= 0.3 is 0 Å². The van der Waals surface area contributed by atoms with Gasteiger partial charge in [-0.05, 0) is 62.0 Å². The summed E-state index contributed by atoms with van der Waals surface area (Å²) >= 11 is 0. The first kappa shape index (κ1) is 19.7. The molecule has 9 heteroatoms. The summed E-state index contributed by atoms with van der Waals surface area (Å²) in [7, 11) is -5.47. The largest absolute Gasteiger partial charge is 0.412 e. The third-order valence-electron chi connectivity index (χ3n) is 3.95. The summed E-state index contributed by atoms with van der Waals surface area (Å²) in [6, 6.07) is 8.98. The molecule has 1 heterocycles. The van der Waals surface area contributed by atoms with Crippen LogP contribution < -0.4 is 0 Å². The van der Waals surface area contributed by atoms with Gasteiger partial charge in [0, 0.05) is 0 Å². The monoisotopic (exact) mass is 382 g/mol. The fourth-order valence-corrected chi connectivity index (χ4v) is 6.15. The van der Waals surface area contributed by atoms with Crippen molar-refractivity contribution in [2.45, 2.75) is 51.2 Å². The molecule has 2 aromatic rings. The maximum absolute atomic E-state index is 12.9. The number of tetrazole rings is 1. The molecule has 0 aliphatic rings. The molecule has 2 rings (SSSR count). The van der Waals surface area contributed by atoms with Gasteiger partial charge in [-0.25, -0.2) is 8.42 Å². The van der Waals surface area contributed by atoms with Gasteiger partial charge in [0.05, 0.1) is 17.0 Å². The third-order valence-corrected chi connectivity index (χ3v) is 6.83. The lowest BCUT2D eigenvalue weighted by Crippen LogP contribution is -2.45.